The Kier molecular flexibility index (Phi) is 11.7. The smallest absolute Gasteiger partial charge is 0.410 e. The maximum Gasteiger partial charge on any atom is 0.410 e. The number of aromatic nitrogens is 2. The standard InChI is InChI=1S/C43H53ClF2N4O5Si/c1-23(2)56(24(3)4,25(5)6)15-14-30-33(45)13-12-27-16-29(54-22-53-11)18-31(37(27)30)39-38(46)36-26(7)40(44)48-41(32(36)19-47-39)50-28-17-35(51)34(50)21-49(20-28)42(52)55-43(8,9)10/h12-13,16,18-19,23-25,28,34-35,51H,17,20-22H2,1-11H3. The summed E-state index contributed by atoms with van der Waals surface area (Å²) in [6.45, 7) is 20.7. The van der Waals surface area contributed by atoms with E-state index >= 15 is 8.78 Å². The summed E-state index contributed by atoms with van der Waals surface area (Å²) < 4.78 is 50.4. The van der Waals surface area contributed by atoms with Gasteiger partial charge in [0.2, 0.25) is 0 Å². The molecule has 9 nitrogen and oxygen atoms in total. The number of nitrogens with zero attached hydrogens (tertiary/aromatic N) is 4. The molecule has 3 unspecified atom stereocenters. The molecule has 1 amide bonds. The van der Waals surface area contributed by atoms with Crippen LogP contribution in [-0.4, -0.2) is 84.9 Å². The van der Waals surface area contributed by atoms with Crippen LogP contribution in [0.2, 0.25) is 21.8 Å². The van der Waals surface area contributed by atoms with Crippen LogP contribution in [0.4, 0.5) is 19.4 Å². The van der Waals surface area contributed by atoms with E-state index in [1.807, 2.05) is 4.90 Å². The minimum Gasteiger partial charge on any atom is -0.468 e. The highest BCUT2D eigenvalue weighted by Crippen LogP contribution is 2.45. The van der Waals surface area contributed by atoms with Crippen LogP contribution < -0.4 is 9.64 Å². The summed E-state index contributed by atoms with van der Waals surface area (Å²) in [6.07, 6.45) is 0.685. The van der Waals surface area contributed by atoms with Crippen molar-refractivity contribution in [3.8, 4) is 28.5 Å². The van der Waals surface area contributed by atoms with Crippen molar-refractivity contribution in [2.45, 2.75) is 116 Å². The second kappa shape index (κ2) is 15.7. The van der Waals surface area contributed by atoms with Gasteiger partial charge in [-0.2, -0.15) is 0 Å². The van der Waals surface area contributed by atoms with Gasteiger partial charge in [0.1, 0.15) is 41.9 Å². The molecule has 56 heavy (non-hydrogen) atoms. The molecular weight excluding hydrogens is 754 g/mol. The highest BCUT2D eigenvalue weighted by molar-refractivity contribution is 6.90. The number of benzene rings is 2. The molecule has 13 heteroatoms. The molecule has 2 fully saturated rings. The van der Waals surface area contributed by atoms with Crippen molar-refractivity contribution < 1.29 is 32.9 Å². The fraction of sp³-hybridized carbons (Fsp3) is 0.512. The molecule has 3 atom stereocenters. The number of aliphatic hydroxyl groups excluding tert-OH is 1. The van der Waals surface area contributed by atoms with Gasteiger partial charge < -0.3 is 29.1 Å². The normalized spacial score (nSPS) is 18.7. The zero-order chi connectivity index (χ0) is 41.0. The first-order valence-electron chi connectivity index (χ1n) is 19.3. The third-order valence-corrected chi connectivity index (χ3v) is 18.2. The van der Waals surface area contributed by atoms with E-state index in [0.717, 1.165) is 0 Å². The van der Waals surface area contributed by atoms with Crippen LogP contribution in [0.1, 0.15) is 79.9 Å². The van der Waals surface area contributed by atoms with Crippen LogP contribution >= 0.6 is 11.6 Å². The molecule has 2 bridgehead atoms. The number of hydrogen-bond acceptors (Lipinski definition) is 8. The Balaban J connectivity index is 1.56. The monoisotopic (exact) mass is 806 g/mol. The molecule has 6 rings (SSSR count). The predicted octanol–water partition coefficient (Wildman–Crippen LogP) is 9.80. The summed E-state index contributed by atoms with van der Waals surface area (Å²) in [5, 5.41) is 12.9. The summed E-state index contributed by atoms with van der Waals surface area (Å²) in [6, 6.07) is 5.55. The summed E-state index contributed by atoms with van der Waals surface area (Å²) >= 11 is 6.80. The number of rotatable bonds is 8. The number of carbonyl (C=O) groups excluding carboxylic acids is 1. The zero-order valence-corrected chi connectivity index (χ0v) is 35.9. The number of anilines is 1. The van der Waals surface area contributed by atoms with Crippen LogP contribution in [0, 0.1) is 30.0 Å². The molecule has 0 aliphatic carbocycles. The second-order valence-electron chi connectivity index (χ2n) is 17.1. The average Bonchev–Trinajstić information content (AvgIpc) is 3.30. The van der Waals surface area contributed by atoms with Gasteiger partial charge >= 0.3 is 6.09 Å². The first-order chi connectivity index (χ1) is 26.3. The lowest BCUT2D eigenvalue weighted by molar-refractivity contribution is 0.0195. The van der Waals surface area contributed by atoms with Gasteiger partial charge in [-0.05, 0) is 79.9 Å². The number of aliphatic hydroxyl groups is 1. The maximum absolute atomic E-state index is 17.5. The van der Waals surface area contributed by atoms with Crippen LogP contribution in [0.15, 0.2) is 30.5 Å². The van der Waals surface area contributed by atoms with E-state index in [4.69, 9.17) is 35.8 Å². The number of likely N-dealkylation sites (tertiary alicyclic amines) is 1. The van der Waals surface area contributed by atoms with E-state index in [1.165, 1.54) is 13.2 Å². The molecule has 2 saturated heterocycles. The lowest BCUT2D eigenvalue weighted by atomic mass is 9.95. The molecule has 0 radical (unpaired) electrons. The van der Waals surface area contributed by atoms with E-state index in [2.05, 4.69) is 53.0 Å². The van der Waals surface area contributed by atoms with Crippen molar-refractivity contribution >= 4 is 53.1 Å². The number of halogens is 3. The van der Waals surface area contributed by atoms with Crippen molar-refractivity contribution in [1.82, 2.24) is 14.9 Å². The van der Waals surface area contributed by atoms with Gasteiger partial charge in [-0.3, -0.25) is 4.98 Å². The number of amides is 1. The van der Waals surface area contributed by atoms with Crippen LogP contribution in [0.3, 0.4) is 0 Å². The predicted molar refractivity (Wildman–Crippen MR) is 221 cm³/mol. The van der Waals surface area contributed by atoms with Gasteiger partial charge in [0.25, 0.3) is 0 Å². The summed E-state index contributed by atoms with van der Waals surface area (Å²) in [4.78, 5) is 26.1. The van der Waals surface area contributed by atoms with Gasteiger partial charge in [-0.25, -0.2) is 18.6 Å². The number of piperazine rings is 1. The Morgan fingerprint density at radius 1 is 1.07 bits per heavy atom. The minimum atomic E-state index is -2.29. The Hall–Kier alpha value is -4.02. The second-order valence-corrected chi connectivity index (χ2v) is 23.0. The highest BCUT2D eigenvalue weighted by Gasteiger charge is 2.49. The SMILES string of the molecule is COCOc1cc(-c2ncc3c(N4C5CC(O)C4CN(C(=O)OC(C)(C)C)C5)nc(Cl)c(C)c3c2F)c2c(C#C[Si](C(C)C)(C(C)C)C(C)C)c(F)ccc2c1. The number of fused-ring (bicyclic) bond motifs is 4. The van der Waals surface area contributed by atoms with E-state index in [9.17, 15) is 9.90 Å². The van der Waals surface area contributed by atoms with E-state index < -0.39 is 43.5 Å². The van der Waals surface area contributed by atoms with Crippen molar-refractivity contribution in [2.75, 3.05) is 31.9 Å². The van der Waals surface area contributed by atoms with Crippen molar-refractivity contribution in [1.29, 1.82) is 0 Å². The van der Waals surface area contributed by atoms with Crippen molar-refractivity contribution in [3.05, 3.63) is 58.4 Å². The van der Waals surface area contributed by atoms with E-state index in [1.54, 1.807) is 57.0 Å². The largest absolute Gasteiger partial charge is 0.468 e. The minimum absolute atomic E-state index is 0.0341. The third-order valence-electron chi connectivity index (χ3n) is 11.5. The zero-order valence-electron chi connectivity index (χ0n) is 34.2. The van der Waals surface area contributed by atoms with Gasteiger partial charge in [0, 0.05) is 48.1 Å². The maximum atomic E-state index is 17.5. The molecule has 0 saturated carbocycles. The first kappa shape index (κ1) is 41.6. The Morgan fingerprint density at radius 2 is 1.75 bits per heavy atom. The van der Waals surface area contributed by atoms with E-state index in [-0.39, 0.29) is 47.7 Å². The number of hydrogen-bond donors (Lipinski definition) is 1. The van der Waals surface area contributed by atoms with Gasteiger partial charge in [0.15, 0.2) is 12.6 Å². The molecule has 2 aliphatic heterocycles. The molecule has 2 aromatic heterocycles. The fourth-order valence-electron chi connectivity index (χ4n) is 9.02. The molecule has 4 aromatic rings. The quantitative estimate of drug-likeness (QED) is 0.0814. The fourth-order valence-corrected chi connectivity index (χ4v) is 14.4. The van der Waals surface area contributed by atoms with Crippen molar-refractivity contribution in [3.63, 3.8) is 0 Å². The molecule has 4 heterocycles. The lowest BCUT2D eigenvalue weighted by Crippen LogP contribution is -2.57. The van der Waals surface area contributed by atoms with Crippen LogP contribution in [0.25, 0.3) is 32.8 Å². The Morgan fingerprint density at radius 3 is 2.36 bits per heavy atom. The van der Waals surface area contributed by atoms with E-state index in [0.29, 0.717) is 61.9 Å². The third kappa shape index (κ3) is 7.44. The summed E-state index contributed by atoms with van der Waals surface area (Å²) in [5.41, 5.74) is 4.75. The number of pyridine rings is 2. The summed E-state index contributed by atoms with van der Waals surface area (Å²) in [7, 11) is -0.789. The number of carbonyl (C=O) groups is 1. The van der Waals surface area contributed by atoms with Gasteiger partial charge in [-0.15, -0.1) is 5.54 Å². The average molecular weight is 807 g/mol. The Bertz CT molecular complexity index is 2210. The number of ether oxygens (including phenoxy) is 3. The number of aryl methyl sites for hydroxylation is 1. The molecule has 300 valence electrons. The molecule has 1 N–H and O–H groups in total. The highest BCUT2D eigenvalue weighted by atomic mass is 35.5. The molecule has 2 aromatic carbocycles. The molecular formula is C43H53ClF2N4O5Si. The lowest BCUT2D eigenvalue weighted by Gasteiger charge is -2.42. The van der Waals surface area contributed by atoms with Crippen LogP contribution in [-0.2, 0) is 9.47 Å². The Labute approximate surface area is 334 Å². The van der Waals surface area contributed by atoms with Gasteiger partial charge in [0.05, 0.1) is 23.8 Å². The molecule has 2 aliphatic rings. The topological polar surface area (TPSA) is 97.3 Å². The summed E-state index contributed by atoms with van der Waals surface area (Å²) in [5.74, 6) is 2.87. The van der Waals surface area contributed by atoms with Crippen molar-refractivity contribution in [2.24, 2.45) is 0 Å². The van der Waals surface area contributed by atoms with Crippen LogP contribution in [0.5, 0.6) is 5.75 Å². The number of methoxy groups -OCH3 is 1. The van der Waals surface area contributed by atoms with Gasteiger partial charge in [-0.1, -0.05) is 65.1 Å². The molecule has 0 spiro atoms. The first-order valence-corrected chi connectivity index (χ1v) is 21.9.